The average molecular weight is 401 g/mol. The van der Waals surface area contributed by atoms with E-state index < -0.39 is 24.0 Å². The fourth-order valence-electron chi connectivity index (χ4n) is 2.49. The molecule has 0 bridgehead atoms. The molecule has 2 rings (SSSR count). The summed E-state index contributed by atoms with van der Waals surface area (Å²) in [4.78, 5) is 12.1. The van der Waals surface area contributed by atoms with E-state index in [2.05, 4.69) is 10.6 Å². The number of urea groups is 1. The van der Waals surface area contributed by atoms with Gasteiger partial charge in [-0.05, 0) is 42.7 Å². The Hall–Kier alpha value is -2.41. The summed E-state index contributed by atoms with van der Waals surface area (Å²) in [6, 6.07) is 9.68. The monoisotopic (exact) mass is 400 g/mol. The van der Waals surface area contributed by atoms with Gasteiger partial charge in [0.2, 0.25) is 0 Å². The molecule has 0 radical (unpaired) electrons. The molecule has 0 fully saturated rings. The maximum absolute atomic E-state index is 13.1. The van der Waals surface area contributed by atoms with Crippen molar-refractivity contribution in [1.82, 2.24) is 5.32 Å². The van der Waals surface area contributed by atoms with Gasteiger partial charge in [-0.2, -0.15) is 13.2 Å². The van der Waals surface area contributed by atoms with Gasteiger partial charge in [-0.3, -0.25) is 0 Å². The van der Waals surface area contributed by atoms with Crippen LogP contribution in [0.3, 0.4) is 0 Å². The lowest BCUT2D eigenvalue weighted by Crippen LogP contribution is -2.40. The first-order chi connectivity index (χ1) is 12.6. The van der Waals surface area contributed by atoms with Crippen molar-refractivity contribution in [3.63, 3.8) is 0 Å². The van der Waals surface area contributed by atoms with Gasteiger partial charge in [0, 0.05) is 5.02 Å². The summed E-state index contributed by atoms with van der Waals surface area (Å²) >= 11 is 5.63. The van der Waals surface area contributed by atoms with Gasteiger partial charge in [0.1, 0.15) is 5.75 Å². The highest BCUT2D eigenvalue weighted by atomic mass is 35.5. The number of carbonyl (C=O) groups is 1. The van der Waals surface area contributed by atoms with E-state index in [0.717, 1.165) is 17.7 Å². The zero-order valence-electron chi connectivity index (χ0n) is 15.0. The fourth-order valence-corrected chi connectivity index (χ4v) is 2.66. The Morgan fingerprint density at radius 1 is 1.11 bits per heavy atom. The molecule has 8 heteroatoms. The van der Waals surface area contributed by atoms with E-state index in [9.17, 15) is 18.0 Å². The number of para-hydroxylation sites is 1. The standard InChI is InChI=1S/C19H20ClF3N2O2/c1-11(2)14-6-4-5-7-17(14)27-12(3)24-18(26)25-16-9-8-13(20)10-15(16)19(21,22)23/h4-12H,1-3H3,(H2,24,25,26). The van der Waals surface area contributed by atoms with Gasteiger partial charge in [-0.1, -0.05) is 43.6 Å². The van der Waals surface area contributed by atoms with E-state index in [1.165, 1.54) is 6.07 Å². The second-order valence-electron chi connectivity index (χ2n) is 6.24. The van der Waals surface area contributed by atoms with E-state index in [-0.39, 0.29) is 16.6 Å². The van der Waals surface area contributed by atoms with Gasteiger partial charge in [-0.25, -0.2) is 4.79 Å². The minimum Gasteiger partial charge on any atom is -0.471 e. The topological polar surface area (TPSA) is 50.4 Å². The predicted molar refractivity (Wildman–Crippen MR) is 99.2 cm³/mol. The van der Waals surface area contributed by atoms with Crippen molar-refractivity contribution >= 4 is 23.3 Å². The second kappa shape index (κ2) is 8.52. The fraction of sp³-hybridized carbons (Fsp3) is 0.316. The molecule has 146 valence electrons. The molecule has 2 N–H and O–H groups in total. The highest BCUT2D eigenvalue weighted by molar-refractivity contribution is 6.30. The molecule has 1 unspecified atom stereocenters. The maximum Gasteiger partial charge on any atom is 0.418 e. The number of hydrogen-bond donors (Lipinski definition) is 2. The zero-order chi connectivity index (χ0) is 20.2. The molecule has 4 nitrogen and oxygen atoms in total. The molecule has 0 aliphatic carbocycles. The minimum atomic E-state index is -4.65. The number of benzene rings is 2. The van der Waals surface area contributed by atoms with Gasteiger partial charge in [0.15, 0.2) is 6.23 Å². The van der Waals surface area contributed by atoms with Crippen LogP contribution in [0, 0.1) is 0 Å². The summed E-state index contributed by atoms with van der Waals surface area (Å²) in [5.74, 6) is 0.813. The largest absolute Gasteiger partial charge is 0.471 e. The SMILES string of the molecule is CC(NC(=O)Nc1ccc(Cl)cc1C(F)(F)F)Oc1ccccc1C(C)C. The number of carbonyl (C=O) groups excluding carboxylic acids is 1. The van der Waals surface area contributed by atoms with Crippen LogP contribution in [-0.4, -0.2) is 12.3 Å². The van der Waals surface area contributed by atoms with Gasteiger partial charge in [-0.15, -0.1) is 0 Å². The van der Waals surface area contributed by atoms with Crippen LogP contribution in [0.1, 0.15) is 37.8 Å². The highest BCUT2D eigenvalue weighted by Gasteiger charge is 2.34. The Morgan fingerprint density at radius 2 is 1.78 bits per heavy atom. The predicted octanol–water partition coefficient (Wildman–Crippen LogP) is 6.03. The lowest BCUT2D eigenvalue weighted by Gasteiger charge is -2.21. The number of ether oxygens (including phenoxy) is 1. The first-order valence-corrected chi connectivity index (χ1v) is 8.65. The summed E-state index contributed by atoms with van der Waals surface area (Å²) in [5.41, 5.74) is -0.452. The Kier molecular flexibility index (Phi) is 6.59. The second-order valence-corrected chi connectivity index (χ2v) is 6.68. The third-order valence-corrected chi connectivity index (χ3v) is 3.95. The molecule has 27 heavy (non-hydrogen) atoms. The van der Waals surface area contributed by atoms with E-state index in [1.807, 2.05) is 26.0 Å². The maximum atomic E-state index is 13.1. The van der Waals surface area contributed by atoms with Crippen molar-refractivity contribution in [1.29, 1.82) is 0 Å². The average Bonchev–Trinajstić information content (AvgIpc) is 2.55. The number of nitrogens with one attached hydrogen (secondary N) is 2. The van der Waals surface area contributed by atoms with Crippen LogP contribution < -0.4 is 15.4 Å². The Balaban J connectivity index is 2.07. The number of halogens is 4. The normalized spacial score (nSPS) is 12.6. The van der Waals surface area contributed by atoms with E-state index >= 15 is 0 Å². The molecular formula is C19H20ClF3N2O2. The molecule has 0 aliphatic heterocycles. The molecule has 0 aliphatic rings. The van der Waals surface area contributed by atoms with Crippen LogP contribution in [0.15, 0.2) is 42.5 Å². The number of alkyl halides is 3. The molecule has 0 spiro atoms. The molecule has 1 atom stereocenters. The third kappa shape index (κ3) is 5.79. The quantitative estimate of drug-likeness (QED) is 0.602. The Bertz CT molecular complexity index is 810. The van der Waals surface area contributed by atoms with Crippen molar-refractivity contribution < 1.29 is 22.7 Å². The number of hydrogen-bond acceptors (Lipinski definition) is 2. The van der Waals surface area contributed by atoms with Crippen LogP contribution >= 0.6 is 11.6 Å². The molecule has 2 aromatic carbocycles. The van der Waals surface area contributed by atoms with Crippen LogP contribution in [0.4, 0.5) is 23.7 Å². The van der Waals surface area contributed by atoms with Gasteiger partial charge >= 0.3 is 12.2 Å². The van der Waals surface area contributed by atoms with Crippen molar-refractivity contribution in [2.75, 3.05) is 5.32 Å². The molecule has 0 saturated carbocycles. The molecular weight excluding hydrogens is 381 g/mol. The van der Waals surface area contributed by atoms with Crippen LogP contribution in [0.5, 0.6) is 5.75 Å². The number of amides is 2. The Labute approximate surface area is 160 Å². The van der Waals surface area contributed by atoms with Gasteiger partial charge in [0.25, 0.3) is 0 Å². The summed E-state index contributed by atoms with van der Waals surface area (Å²) in [6.07, 6.45) is -5.40. The lowest BCUT2D eigenvalue weighted by molar-refractivity contribution is -0.136. The smallest absolute Gasteiger partial charge is 0.418 e. The molecule has 0 heterocycles. The molecule has 2 aromatic rings. The summed E-state index contributed by atoms with van der Waals surface area (Å²) in [6.45, 7) is 5.60. The van der Waals surface area contributed by atoms with Crippen molar-refractivity contribution in [3.05, 3.63) is 58.6 Å². The first kappa shape index (κ1) is 20.9. The van der Waals surface area contributed by atoms with E-state index in [1.54, 1.807) is 19.1 Å². The summed E-state index contributed by atoms with van der Waals surface area (Å²) < 4.78 is 45.0. The van der Waals surface area contributed by atoms with E-state index in [0.29, 0.717) is 5.75 Å². The lowest BCUT2D eigenvalue weighted by atomic mass is 10.0. The van der Waals surface area contributed by atoms with Gasteiger partial charge < -0.3 is 15.4 Å². The van der Waals surface area contributed by atoms with Crippen molar-refractivity contribution in [2.24, 2.45) is 0 Å². The van der Waals surface area contributed by atoms with Crippen LogP contribution in [0.2, 0.25) is 5.02 Å². The van der Waals surface area contributed by atoms with Gasteiger partial charge in [0.05, 0.1) is 11.3 Å². The molecule has 0 aromatic heterocycles. The van der Waals surface area contributed by atoms with Crippen LogP contribution in [-0.2, 0) is 6.18 Å². The number of rotatable bonds is 5. The molecule has 2 amide bonds. The minimum absolute atomic E-state index is 0.0738. The first-order valence-electron chi connectivity index (χ1n) is 8.27. The van der Waals surface area contributed by atoms with Crippen LogP contribution in [0.25, 0.3) is 0 Å². The summed E-state index contributed by atoms with van der Waals surface area (Å²) in [5, 5.41) is 4.58. The number of anilines is 1. The van der Waals surface area contributed by atoms with Crippen molar-refractivity contribution in [3.8, 4) is 5.75 Å². The molecule has 0 saturated heterocycles. The summed E-state index contributed by atoms with van der Waals surface area (Å²) in [7, 11) is 0. The van der Waals surface area contributed by atoms with E-state index in [4.69, 9.17) is 16.3 Å². The Morgan fingerprint density at radius 3 is 2.41 bits per heavy atom. The highest BCUT2D eigenvalue weighted by Crippen LogP contribution is 2.36. The van der Waals surface area contributed by atoms with Crippen molar-refractivity contribution in [2.45, 2.75) is 39.1 Å². The third-order valence-electron chi connectivity index (χ3n) is 3.71. The zero-order valence-corrected chi connectivity index (χ0v) is 15.8.